The zero-order valence-electron chi connectivity index (χ0n) is 12.9. The number of carbonyl (C=O) groups excluding carboxylic acids is 1. The second-order valence-electron chi connectivity index (χ2n) is 6.01. The third-order valence-electron chi connectivity index (χ3n) is 4.61. The van der Waals surface area contributed by atoms with Crippen molar-refractivity contribution in [2.45, 2.75) is 63.7 Å². The Morgan fingerprint density at radius 3 is 2.48 bits per heavy atom. The quantitative estimate of drug-likeness (QED) is 0.706. The molecule has 3 heteroatoms. The van der Waals surface area contributed by atoms with Gasteiger partial charge in [-0.25, -0.2) is 4.39 Å². The number of hydrogen-bond acceptors (Lipinski definition) is 2. The van der Waals surface area contributed by atoms with Crippen molar-refractivity contribution in [1.29, 1.82) is 0 Å². The first kappa shape index (κ1) is 16.0. The summed E-state index contributed by atoms with van der Waals surface area (Å²) >= 11 is 0. The Kier molecular flexibility index (Phi) is 5.77. The van der Waals surface area contributed by atoms with Gasteiger partial charge in [0.1, 0.15) is 5.82 Å². The van der Waals surface area contributed by atoms with Crippen molar-refractivity contribution < 1.29 is 13.9 Å². The molecule has 1 saturated carbocycles. The first-order valence-corrected chi connectivity index (χ1v) is 8.08. The molecule has 0 bridgehead atoms. The predicted octanol–water partition coefficient (Wildman–Crippen LogP) is 4.76. The molecule has 1 aliphatic rings. The highest BCUT2D eigenvalue weighted by Crippen LogP contribution is 2.43. The van der Waals surface area contributed by atoms with E-state index in [1.54, 1.807) is 12.1 Å². The average molecular weight is 292 g/mol. The molecule has 0 amide bonds. The molecule has 1 fully saturated rings. The van der Waals surface area contributed by atoms with Crippen LogP contribution in [-0.2, 0) is 14.9 Å². The van der Waals surface area contributed by atoms with Gasteiger partial charge < -0.3 is 4.74 Å². The minimum absolute atomic E-state index is 0.109. The Hall–Kier alpha value is -1.38. The molecule has 1 aliphatic carbocycles. The number of benzene rings is 1. The molecule has 1 aromatic rings. The van der Waals surface area contributed by atoms with Crippen LogP contribution in [0.4, 0.5) is 4.39 Å². The van der Waals surface area contributed by atoms with Crippen LogP contribution in [0.5, 0.6) is 0 Å². The lowest BCUT2D eigenvalue weighted by atomic mass is 9.67. The van der Waals surface area contributed by atoms with Crippen molar-refractivity contribution in [3.8, 4) is 0 Å². The first-order valence-electron chi connectivity index (χ1n) is 8.08. The Morgan fingerprint density at radius 1 is 1.19 bits per heavy atom. The molecule has 0 saturated heterocycles. The average Bonchev–Trinajstić information content (AvgIpc) is 2.49. The highest BCUT2D eigenvalue weighted by Gasteiger charge is 2.33. The fourth-order valence-corrected chi connectivity index (χ4v) is 3.52. The van der Waals surface area contributed by atoms with Gasteiger partial charge in [0.15, 0.2) is 0 Å². The molecule has 2 rings (SSSR count). The third-order valence-corrected chi connectivity index (χ3v) is 4.61. The number of rotatable bonds is 6. The van der Waals surface area contributed by atoms with Gasteiger partial charge in [-0.2, -0.15) is 0 Å². The van der Waals surface area contributed by atoms with E-state index in [4.69, 9.17) is 4.74 Å². The normalized spacial score (nSPS) is 17.4. The van der Waals surface area contributed by atoms with Crippen LogP contribution in [0, 0.1) is 5.82 Å². The van der Waals surface area contributed by atoms with E-state index in [2.05, 4.69) is 0 Å². The van der Waals surface area contributed by atoms with E-state index in [0.29, 0.717) is 13.0 Å². The van der Waals surface area contributed by atoms with Crippen LogP contribution in [0.2, 0.25) is 0 Å². The molecule has 0 N–H and O–H groups in total. The molecular formula is C18H25FO2. The smallest absolute Gasteiger partial charge is 0.305 e. The van der Waals surface area contributed by atoms with Crippen molar-refractivity contribution >= 4 is 5.97 Å². The summed E-state index contributed by atoms with van der Waals surface area (Å²) in [6.45, 7) is 2.28. The molecular weight excluding hydrogens is 267 g/mol. The highest BCUT2D eigenvalue weighted by molar-refractivity contribution is 5.69. The summed E-state index contributed by atoms with van der Waals surface area (Å²) in [5.41, 5.74) is 1.35. The summed E-state index contributed by atoms with van der Waals surface area (Å²) in [5, 5.41) is 0. The molecule has 1 aromatic carbocycles. The van der Waals surface area contributed by atoms with Crippen LogP contribution >= 0.6 is 0 Å². The number of carbonyl (C=O) groups is 1. The number of hydrogen-bond donors (Lipinski definition) is 0. The van der Waals surface area contributed by atoms with Crippen LogP contribution in [0.25, 0.3) is 0 Å². The molecule has 21 heavy (non-hydrogen) atoms. The summed E-state index contributed by atoms with van der Waals surface area (Å²) in [4.78, 5) is 11.5. The molecule has 116 valence electrons. The highest BCUT2D eigenvalue weighted by atomic mass is 19.1. The van der Waals surface area contributed by atoms with Crippen molar-refractivity contribution in [3.63, 3.8) is 0 Å². The van der Waals surface area contributed by atoms with E-state index in [-0.39, 0.29) is 17.2 Å². The molecule has 0 unspecified atom stereocenters. The van der Waals surface area contributed by atoms with Gasteiger partial charge in [-0.15, -0.1) is 0 Å². The van der Waals surface area contributed by atoms with Gasteiger partial charge >= 0.3 is 5.97 Å². The summed E-state index contributed by atoms with van der Waals surface area (Å²) in [7, 11) is 0. The lowest BCUT2D eigenvalue weighted by Crippen LogP contribution is -2.29. The monoisotopic (exact) mass is 292 g/mol. The molecule has 0 spiro atoms. The zero-order chi connectivity index (χ0) is 15.1. The summed E-state index contributed by atoms with van der Waals surface area (Å²) in [6.07, 6.45) is 8.31. The first-order chi connectivity index (χ1) is 10.2. The van der Waals surface area contributed by atoms with Gasteiger partial charge in [0.2, 0.25) is 0 Å². The number of halogens is 1. The lowest BCUT2D eigenvalue weighted by Gasteiger charge is -2.38. The Bertz CT molecular complexity index is 447. The van der Waals surface area contributed by atoms with Crippen LogP contribution in [0.3, 0.4) is 0 Å². The van der Waals surface area contributed by atoms with Gasteiger partial charge in [0.25, 0.3) is 0 Å². The van der Waals surface area contributed by atoms with E-state index in [9.17, 15) is 9.18 Å². The van der Waals surface area contributed by atoms with Crippen LogP contribution in [0.15, 0.2) is 24.3 Å². The van der Waals surface area contributed by atoms with Gasteiger partial charge in [0.05, 0.1) is 6.61 Å². The Morgan fingerprint density at radius 2 is 1.86 bits per heavy atom. The topological polar surface area (TPSA) is 26.3 Å². The second kappa shape index (κ2) is 7.58. The SMILES string of the molecule is CCOC(=O)CCCC1(c2ccc(F)cc2)CCCCC1. The molecule has 0 aromatic heterocycles. The fraction of sp³-hybridized carbons (Fsp3) is 0.611. The Balaban J connectivity index is 2.03. The summed E-state index contributed by atoms with van der Waals surface area (Å²) in [6, 6.07) is 6.95. The predicted molar refractivity (Wildman–Crippen MR) is 81.6 cm³/mol. The molecule has 2 nitrogen and oxygen atoms in total. The maximum absolute atomic E-state index is 13.2. The number of ether oxygens (including phenoxy) is 1. The molecule has 0 atom stereocenters. The zero-order valence-corrected chi connectivity index (χ0v) is 12.9. The van der Waals surface area contributed by atoms with Crippen molar-refractivity contribution in [2.24, 2.45) is 0 Å². The molecule has 0 aliphatic heterocycles. The van der Waals surface area contributed by atoms with Crippen LogP contribution in [0.1, 0.15) is 63.9 Å². The molecule has 0 radical (unpaired) electrons. The van der Waals surface area contributed by atoms with E-state index in [0.717, 1.165) is 25.7 Å². The maximum Gasteiger partial charge on any atom is 0.305 e. The van der Waals surface area contributed by atoms with Gasteiger partial charge in [-0.3, -0.25) is 4.79 Å². The van der Waals surface area contributed by atoms with E-state index >= 15 is 0 Å². The number of esters is 1. The van der Waals surface area contributed by atoms with Gasteiger partial charge in [-0.1, -0.05) is 31.4 Å². The van der Waals surface area contributed by atoms with E-state index < -0.39 is 0 Å². The lowest BCUT2D eigenvalue weighted by molar-refractivity contribution is -0.143. The third kappa shape index (κ3) is 4.29. The summed E-state index contributed by atoms with van der Waals surface area (Å²) in [5.74, 6) is -0.293. The van der Waals surface area contributed by atoms with Gasteiger partial charge in [-0.05, 0) is 55.7 Å². The largest absolute Gasteiger partial charge is 0.466 e. The fourth-order valence-electron chi connectivity index (χ4n) is 3.52. The maximum atomic E-state index is 13.2. The summed E-state index contributed by atoms with van der Waals surface area (Å²) < 4.78 is 18.2. The van der Waals surface area contributed by atoms with E-state index in [1.165, 1.54) is 24.8 Å². The van der Waals surface area contributed by atoms with Crippen LogP contribution in [-0.4, -0.2) is 12.6 Å². The van der Waals surface area contributed by atoms with Crippen molar-refractivity contribution in [1.82, 2.24) is 0 Å². The Labute approximate surface area is 126 Å². The van der Waals surface area contributed by atoms with Crippen LogP contribution < -0.4 is 0 Å². The van der Waals surface area contributed by atoms with E-state index in [1.807, 2.05) is 19.1 Å². The van der Waals surface area contributed by atoms with Crippen molar-refractivity contribution in [2.75, 3.05) is 6.61 Å². The minimum Gasteiger partial charge on any atom is -0.466 e. The van der Waals surface area contributed by atoms with Crippen molar-refractivity contribution in [3.05, 3.63) is 35.6 Å². The van der Waals surface area contributed by atoms with Gasteiger partial charge in [0, 0.05) is 6.42 Å². The second-order valence-corrected chi connectivity index (χ2v) is 6.01. The standard InChI is InChI=1S/C18H25FO2/c1-2-21-17(20)7-6-14-18(12-4-3-5-13-18)15-8-10-16(19)11-9-15/h8-11H,2-7,12-14H2,1H3. The minimum atomic E-state index is -0.184. The molecule has 0 heterocycles.